The molecule has 1 N–H and O–H groups in total. The smallest absolute Gasteiger partial charge is 0.236 e. The first-order valence-electron chi connectivity index (χ1n) is 7.07. The number of rotatable bonds is 7. The quantitative estimate of drug-likeness (QED) is 0.564. The Labute approximate surface area is 160 Å². The molecule has 1 aromatic carbocycles. The van der Waals surface area contributed by atoms with Crippen molar-refractivity contribution in [2.45, 2.75) is 11.8 Å². The van der Waals surface area contributed by atoms with Crippen LogP contribution in [-0.4, -0.2) is 36.6 Å². The lowest BCUT2D eigenvalue weighted by Crippen LogP contribution is -2.14. The maximum absolute atomic E-state index is 11.9. The van der Waals surface area contributed by atoms with E-state index >= 15 is 0 Å². The van der Waals surface area contributed by atoms with E-state index in [0.29, 0.717) is 22.7 Å². The molecule has 0 bridgehead atoms. The molecule has 11 heteroatoms. The van der Waals surface area contributed by atoms with Crippen LogP contribution < -0.4 is 10.1 Å². The molecule has 0 aliphatic heterocycles. The molecule has 0 aliphatic rings. The molecule has 0 unspecified atom stereocenters. The average molecular weight is 441 g/mol. The number of aromatic nitrogens is 5. The van der Waals surface area contributed by atoms with Crippen LogP contribution in [-0.2, 0) is 18.4 Å². The fourth-order valence-corrected chi connectivity index (χ4v) is 3.24. The van der Waals surface area contributed by atoms with Gasteiger partial charge in [0.25, 0.3) is 0 Å². The summed E-state index contributed by atoms with van der Waals surface area (Å²) in [5.41, 5.74) is 1.56. The number of benzene rings is 1. The Hall–Kier alpha value is -1.98. The van der Waals surface area contributed by atoms with Crippen molar-refractivity contribution in [3.05, 3.63) is 40.1 Å². The first kappa shape index (κ1) is 17.8. The largest absolute Gasteiger partial charge is 0.486 e. The molecule has 8 nitrogen and oxygen atoms in total. The molecule has 2 heterocycles. The summed E-state index contributed by atoms with van der Waals surface area (Å²) in [6.07, 6.45) is 0. The van der Waals surface area contributed by atoms with Crippen molar-refractivity contribution in [2.24, 2.45) is 7.05 Å². The zero-order chi connectivity index (χ0) is 17.6. The number of ether oxygens (including phenoxy) is 1. The molecule has 0 atom stereocenters. The number of halogens is 1. The third-order valence-electron chi connectivity index (χ3n) is 3.05. The fraction of sp³-hybridized carbons (Fsp3) is 0.214. The first-order valence-corrected chi connectivity index (χ1v) is 9.73. The topological polar surface area (TPSA) is 94.8 Å². The first-order chi connectivity index (χ1) is 12.1. The zero-order valence-electron chi connectivity index (χ0n) is 13.0. The van der Waals surface area contributed by atoms with Gasteiger partial charge in [-0.15, -0.1) is 20.4 Å². The number of hydrogen-bond acceptors (Lipinski definition) is 8. The van der Waals surface area contributed by atoms with E-state index in [1.54, 1.807) is 5.51 Å². The second-order valence-corrected chi connectivity index (χ2v) is 7.47. The fourth-order valence-electron chi connectivity index (χ4n) is 1.79. The van der Waals surface area contributed by atoms with Gasteiger partial charge in [-0.2, -0.15) is 0 Å². The molecular weight excluding hydrogens is 428 g/mol. The van der Waals surface area contributed by atoms with E-state index in [1.807, 2.05) is 35.9 Å². The number of amides is 1. The average Bonchev–Trinajstić information content (AvgIpc) is 3.23. The van der Waals surface area contributed by atoms with Crippen LogP contribution in [0.4, 0.5) is 5.13 Å². The molecule has 1 amide bonds. The van der Waals surface area contributed by atoms with Crippen LogP contribution in [0.15, 0.2) is 39.4 Å². The minimum atomic E-state index is -0.169. The monoisotopic (exact) mass is 440 g/mol. The van der Waals surface area contributed by atoms with Crippen LogP contribution in [0.2, 0.25) is 0 Å². The van der Waals surface area contributed by atoms with Gasteiger partial charge >= 0.3 is 0 Å². The number of carbonyl (C=O) groups excluding carboxylic acids is 1. The molecule has 25 heavy (non-hydrogen) atoms. The van der Waals surface area contributed by atoms with E-state index < -0.39 is 0 Å². The van der Waals surface area contributed by atoms with Gasteiger partial charge in [0.05, 0.1) is 5.75 Å². The number of nitrogens with one attached hydrogen (secondary N) is 1. The minimum Gasteiger partial charge on any atom is -0.486 e. The molecule has 3 aromatic rings. The molecule has 0 fully saturated rings. The molecule has 0 spiro atoms. The maximum atomic E-state index is 11.9. The Morgan fingerprint density at radius 3 is 2.84 bits per heavy atom. The van der Waals surface area contributed by atoms with E-state index in [2.05, 4.69) is 41.6 Å². The highest BCUT2D eigenvalue weighted by Crippen LogP contribution is 2.19. The second-order valence-electron chi connectivity index (χ2n) is 4.78. The molecule has 2 aromatic heterocycles. The molecule has 0 saturated heterocycles. The Bertz CT molecular complexity index is 838. The standard InChI is InChI=1S/C14H13BrN6O2S2/c1-21-11(6-23-10-4-2-9(15)3-5-10)18-20-14(21)24-7-12(22)17-13-19-16-8-25-13/h2-5,8H,6-7H2,1H3,(H,17,19,22). The van der Waals surface area contributed by atoms with Crippen LogP contribution in [0.1, 0.15) is 5.82 Å². The second kappa shape index (κ2) is 8.41. The van der Waals surface area contributed by atoms with Gasteiger partial charge in [0.15, 0.2) is 11.0 Å². The summed E-state index contributed by atoms with van der Waals surface area (Å²) in [6.45, 7) is 0.294. The van der Waals surface area contributed by atoms with Crippen LogP contribution in [0.5, 0.6) is 5.75 Å². The summed E-state index contributed by atoms with van der Waals surface area (Å²) in [5, 5.41) is 19.4. The van der Waals surface area contributed by atoms with E-state index in [9.17, 15) is 4.79 Å². The van der Waals surface area contributed by atoms with Gasteiger partial charge in [-0.1, -0.05) is 39.0 Å². The van der Waals surface area contributed by atoms with E-state index in [4.69, 9.17) is 4.74 Å². The van der Waals surface area contributed by atoms with Crippen molar-refractivity contribution in [3.8, 4) is 5.75 Å². The number of nitrogens with zero attached hydrogens (tertiary/aromatic N) is 5. The van der Waals surface area contributed by atoms with Crippen LogP contribution in [0.3, 0.4) is 0 Å². The summed E-state index contributed by atoms with van der Waals surface area (Å²) in [4.78, 5) is 11.9. The van der Waals surface area contributed by atoms with Gasteiger partial charge in [-0.05, 0) is 24.3 Å². The lowest BCUT2D eigenvalue weighted by molar-refractivity contribution is -0.113. The SMILES string of the molecule is Cn1c(COc2ccc(Br)cc2)nnc1SCC(=O)Nc1nncs1. The molecule has 0 radical (unpaired) electrons. The molecule has 130 valence electrons. The summed E-state index contributed by atoms with van der Waals surface area (Å²) in [7, 11) is 1.84. The number of hydrogen-bond donors (Lipinski definition) is 1. The summed E-state index contributed by atoms with van der Waals surface area (Å²) < 4.78 is 8.49. The maximum Gasteiger partial charge on any atom is 0.236 e. The van der Waals surface area contributed by atoms with Crippen LogP contribution in [0.25, 0.3) is 0 Å². The van der Waals surface area contributed by atoms with Crippen molar-refractivity contribution in [1.82, 2.24) is 25.0 Å². The van der Waals surface area contributed by atoms with Crippen LogP contribution in [0, 0.1) is 0 Å². The highest BCUT2D eigenvalue weighted by Gasteiger charge is 2.12. The highest BCUT2D eigenvalue weighted by molar-refractivity contribution is 9.10. The summed E-state index contributed by atoms with van der Waals surface area (Å²) in [5.74, 6) is 1.46. The van der Waals surface area contributed by atoms with Crippen molar-refractivity contribution >= 4 is 50.1 Å². The van der Waals surface area contributed by atoms with Gasteiger partial charge in [-0.3, -0.25) is 10.1 Å². The minimum absolute atomic E-state index is 0.169. The van der Waals surface area contributed by atoms with Gasteiger partial charge in [0, 0.05) is 11.5 Å². The van der Waals surface area contributed by atoms with E-state index in [1.165, 1.54) is 23.1 Å². The lowest BCUT2D eigenvalue weighted by atomic mass is 10.3. The van der Waals surface area contributed by atoms with Crippen molar-refractivity contribution in [2.75, 3.05) is 11.1 Å². The Kier molecular flexibility index (Phi) is 6.00. The van der Waals surface area contributed by atoms with Crippen molar-refractivity contribution in [1.29, 1.82) is 0 Å². The zero-order valence-corrected chi connectivity index (χ0v) is 16.3. The van der Waals surface area contributed by atoms with E-state index in [0.717, 1.165) is 10.2 Å². The Morgan fingerprint density at radius 1 is 1.32 bits per heavy atom. The molecule has 3 rings (SSSR count). The van der Waals surface area contributed by atoms with E-state index in [-0.39, 0.29) is 11.7 Å². The summed E-state index contributed by atoms with van der Waals surface area (Å²) >= 11 is 5.94. The number of carbonyl (C=O) groups is 1. The van der Waals surface area contributed by atoms with Gasteiger partial charge < -0.3 is 9.30 Å². The molecule has 0 aliphatic carbocycles. The highest BCUT2D eigenvalue weighted by atomic mass is 79.9. The Morgan fingerprint density at radius 2 is 2.12 bits per heavy atom. The van der Waals surface area contributed by atoms with Crippen molar-refractivity contribution in [3.63, 3.8) is 0 Å². The summed E-state index contributed by atoms with van der Waals surface area (Å²) in [6, 6.07) is 7.55. The predicted octanol–water partition coefficient (Wildman–Crippen LogP) is 2.74. The normalized spacial score (nSPS) is 10.6. The van der Waals surface area contributed by atoms with Gasteiger partial charge in [-0.25, -0.2) is 0 Å². The third kappa shape index (κ3) is 5.00. The van der Waals surface area contributed by atoms with Gasteiger partial charge in [0.1, 0.15) is 17.9 Å². The molecular formula is C14H13BrN6O2S2. The molecule has 0 saturated carbocycles. The Balaban J connectivity index is 1.52. The lowest BCUT2D eigenvalue weighted by Gasteiger charge is -2.06. The third-order valence-corrected chi connectivity index (χ3v) is 5.20. The number of thioether (sulfide) groups is 1. The van der Waals surface area contributed by atoms with Crippen LogP contribution >= 0.6 is 39.0 Å². The predicted molar refractivity (Wildman–Crippen MR) is 98.7 cm³/mol. The number of anilines is 1. The van der Waals surface area contributed by atoms with Crippen molar-refractivity contribution < 1.29 is 9.53 Å². The van der Waals surface area contributed by atoms with Gasteiger partial charge in [0.2, 0.25) is 11.0 Å².